The fourth-order valence-corrected chi connectivity index (χ4v) is 1.69. The van der Waals surface area contributed by atoms with E-state index >= 15 is 0 Å². The van der Waals surface area contributed by atoms with Crippen molar-refractivity contribution in [1.29, 1.82) is 0 Å². The molecule has 0 aliphatic rings. The molecule has 0 radical (unpaired) electrons. The Morgan fingerprint density at radius 3 is 2.25 bits per heavy atom. The van der Waals surface area contributed by atoms with E-state index < -0.39 is 10.0 Å². The van der Waals surface area contributed by atoms with Crippen LogP contribution in [0, 0.1) is 0 Å². The van der Waals surface area contributed by atoms with Crippen molar-refractivity contribution in [2.75, 3.05) is 25.9 Å². The van der Waals surface area contributed by atoms with Gasteiger partial charge in [-0.3, -0.25) is 0 Å². The van der Waals surface area contributed by atoms with Crippen molar-refractivity contribution in [3.8, 4) is 5.88 Å². The molecule has 1 rings (SSSR count). The summed E-state index contributed by atoms with van der Waals surface area (Å²) >= 11 is 0. The zero-order valence-electron chi connectivity index (χ0n) is 8.00. The van der Waals surface area contributed by atoms with Crippen LogP contribution in [0.15, 0.2) is 23.2 Å². The van der Waals surface area contributed by atoms with Gasteiger partial charge in [-0.1, -0.05) is 0 Å². The van der Waals surface area contributed by atoms with Crippen LogP contribution in [0.4, 0.5) is 0 Å². The first-order valence-electron chi connectivity index (χ1n) is 3.72. The van der Waals surface area contributed by atoms with E-state index in [0.29, 0.717) is 5.88 Å². The van der Waals surface area contributed by atoms with Gasteiger partial charge in [0.05, 0.1) is 7.11 Å². The molecule has 0 fully saturated rings. The van der Waals surface area contributed by atoms with Gasteiger partial charge in [-0.2, -0.15) is 0 Å². The van der Waals surface area contributed by atoms with Crippen molar-refractivity contribution >= 4 is 10.0 Å². The maximum absolute atomic E-state index is 4.98. The SMILES string of the molecule is COc1ccc(S(C)(C)C)cn1. The molecule has 2 nitrogen and oxygen atoms in total. The summed E-state index contributed by atoms with van der Waals surface area (Å²) in [5, 5.41) is 0. The first kappa shape index (κ1) is 9.39. The maximum Gasteiger partial charge on any atom is 0.212 e. The highest BCUT2D eigenvalue weighted by atomic mass is 32.3. The quantitative estimate of drug-likeness (QED) is 0.704. The molecule has 0 spiro atoms. The largest absolute Gasteiger partial charge is 0.481 e. The first-order chi connectivity index (χ1) is 5.54. The fourth-order valence-electron chi connectivity index (χ4n) is 0.850. The summed E-state index contributed by atoms with van der Waals surface area (Å²) in [5.41, 5.74) is 0. The number of pyridine rings is 1. The standard InChI is InChI=1S/C9H15NOS/c1-11-9-6-5-8(7-10-9)12(2,3)4/h5-7H,1-4H3. The van der Waals surface area contributed by atoms with Gasteiger partial charge in [0, 0.05) is 17.2 Å². The lowest BCUT2D eigenvalue weighted by Gasteiger charge is -2.24. The van der Waals surface area contributed by atoms with E-state index in [1.54, 1.807) is 7.11 Å². The number of methoxy groups -OCH3 is 1. The van der Waals surface area contributed by atoms with Crippen molar-refractivity contribution < 1.29 is 4.74 Å². The molecular weight excluding hydrogens is 170 g/mol. The predicted molar refractivity (Wildman–Crippen MR) is 54.4 cm³/mol. The van der Waals surface area contributed by atoms with Crippen LogP contribution in [-0.4, -0.2) is 30.9 Å². The smallest absolute Gasteiger partial charge is 0.212 e. The van der Waals surface area contributed by atoms with Gasteiger partial charge < -0.3 is 4.74 Å². The third-order valence-corrected chi connectivity index (χ3v) is 3.28. The number of hydrogen-bond acceptors (Lipinski definition) is 2. The molecular formula is C9H15NOS. The predicted octanol–water partition coefficient (Wildman–Crippen LogP) is 2.14. The van der Waals surface area contributed by atoms with Crippen LogP contribution in [0.2, 0.25) is 0 Å². The molecule has 0 aromatic carbocycles. The minimum atomic E-state index is -0.646. The van der Waals surface area contributed by atoms with Crippen LogP contribution in [0.5, 0.6) is 5.88 Å². The molecule has 1 aromatic heterocycles. The van der Waals surface area contributed by atoms with Crippen LogP contribution >= 0.6 is 10.0 Å². The second kappa shape index (κ2) is 3.35. The highest BCUT2D eigenvalue weighted by Crippen LogP contribution is 2.44. The van der Waals surface area contributed by atoms with Gasteiger partial charge in [0.25, 0.3) is 0 Å². The van der Waals surface area contributed by atoms with Crippen LogP contribution in [-0.2, 0) is 0 Å². The average molecular weight is 185 g/mol. The third kappa shape index (κ3) is 2.14. The molecule has 0 amide bonds. The summed E-state index contributed by atoms with van der Waals surface area (Å²) < 4.78 is 4.98. The summed E-state index contributed by atoms with van der Waals surface area (Å²) in [6.07, 6.45) is 8.64. The number of hydrogen-bond donors (Lipinski definition) is 0. The molecule has 12 heavy (non-hydrogen) atoms. The van der Waals surface area contributed by atoms with Crippen LogP contribution < -0.4 is 4.74 Å². The lowest BCUT2D eigenvalue weighted by molar-refractivity contribution is 0.397. The zero-order valence-corrected chi connectivity index (χ0v) is 8.81. The van der Waals surface area contributed by atoms with Gasteiger partial charge in [-0.05, 0) is 24.8 Å². The summed E-state index contributed by atoms with van der Waals surface area (Å²) in [7, 11) is 0.985. The van der Waals surface area contributed by atoms with Crippen molar-refractivity contribution in [2.45, 2.75) is 4.90 Å². The summed E-state index contributed by atoms with van der Waals surface area (Å²) in [6, 6.07) is 3.99. The van der Waals surface area contributed by atoms with E-state index in [9.17, 15) is 0 Å². The Bertz CT molecular complexity index is 250. The van der Waals surface area contributed by atoms with E-state index in [4.69, 9.17) is 4.74 Å². The molecule has 0 saturated carbocycles. The molecule has 0 bridgehead atoms. The summed E-state index contributed by atoms with van der Waals surface area (Å²) in [4.78, 5) is 5.47. The van der Waals surface area contributed by atoms with E-state index in [0.717, 1.165) is 0 Å². The monoisotopic (exact) mass is 185 g/mol. The Morgan fingerprint density at radius 2 is 1.92 bits per heavy atom. The Hall–Kier alpha value is -0.700. The highest BCUT2D eigenvalue weighted by molar-refractivity contribution is 8.32. The minimum absolute atomic E-state index is 0.646. The number of rotatable bonds is 2. The van der Waals surface area contributed by atoms with E-state index in [2.05, 4.69) is 29.8 Å². The molecule has 0 N–H and O–H groups in total. The van der Waals surface area contributed by atoms with Crippen LogP contribution in [0.3, 0.4) is 0 Å². The highest BCUT2D eigenvalue weighted by Gasteiger charge is 2.07. The van der Waals surface area contributed by atoms with E-state index in [1.165, 1.54) is 4.90 Å². The van der Waals surface area contributed by atoms with Crippen LogP contribution in [0.25, 0.3) is 0 Å². The molecule has 0 aliphatic carbocycles. The fraction of sp³-hybridized carbons (Fsp3) is 0.444. The zero-order chi connectivity index (χ0) is 9.19. The lowest BCUT2D eigenvalue weighted by atomic mass is 10.5. The van der Waals surface area contributed by atoms with Gasteiger partial charge in [-0.15, -0.1) is 0 Å². The Morgan fingerprint density at radius 1 is 1.25 bits per heavy atom. The van der Waals surface area contributed by atoms with Gasteiger partial charge >= 0.3 is 0 Å². The summed E-state index contributed by atoms with van der Waals surface area (Å²) in [6.45, 7) is 0. The average Bonchev–Trinajstić information content (AvgIpc) is 2.03. The van der Waals surface area contributed by atoms with Gasteiger partial charge in [-0.25, -0.2) is 15.0 Å². The molecule has 68 valence electrons. The Labute approximate surface area is 75.3 Å². The third-order valence-electron chi connectivity index (χ3n) is 1.63. The second-order valence-corrected chi connectivity index (χ2v) is 7.52. The van der Waals surface area contributed by atoms with Gasteiger partial charge in [0.1, 0.15) is 0 Å². The molecule has 0 unspecified atom stereocenters. The van der Waals surface area contributed by atoms with Crippen molar-refractivity contribution in [2.24, 2.45) is 0 Å². The number of nitrogens with zero attached hydrogens (tertiary/aromatic N) is 1. The van der Waals surface area contributed by atoms with Crippen LogP contribution in [0.1, 0.15) is 0 Å². The minimum Gasteiger partial charge on any atom is -0.481 e. The van der Waals surface area contributed by atoms with E-state index in [1.807, 2.05) is 12.3 Å². The van der Waals surface area contributed by atoms with Crippen molar-refractivity contribution in [3.05, 3.63) is 18.3 Å². The Kier molecular flexibility index (Phi) is 2.62. The second-order valence-electron chi connectivity index (χ2n) is 3.37. The van der Waals surface area contributed by atoms with Gasteiger partial charge in [0.2, 0.25) is 5.88 Å². The van der Waals surface area contributed by atoms with E-state index in [-0.39, 0.29) is 0 Å². The normalized spacial score (nSPS) is 12.7. The van der Waals surface area contributed by atoms with Gasteiger partial charge in [0.15, 0.2) is 0 Å². The molecule has 0 saturated heterocycles. The number of ether oxygens (including phenoxy) is 1. The van der Waals surface area contributed by atoms with Crippen molar-refractivity contribution in [3.63, 3.8) is 0 Å². The maximum atomic E-state index is 4.98. The Balaban J connectivity index is 2.93. The molecule has 0 atom stereocenters. The topological polar surface area (TPSA) is 22.1 Å². The molecule has 0 aliphatic heterocycles. The summed E-state index contributed by atoms with van der Waals surface area (Å²) in [5.74, 6) is 0.683. The molecule has 3 heteroatoms. The number of aromatic nitrogens is 1. The first-order valence-corrected chi connectivity index (χ1v) is 6.58. The molecule has 1 heterocycles. The van der Waals surface area contributed by atoms with Crippen molar-refractivity contribution in [1.82, 2.24) is 4.98 Å². The lowest BCUT2D eigenvalue weighted by Crippen LogP contribution is -1.94. The molecule has 1 aromatic rings.